The van der Waals surface area contributed by atoms with Crippen LogP contribution in [0.1, 0.15) is 17.2 Å². The van der Waals surface area contributed by atoms with Gasteiger partial charge in [-0.25, -0.2) is 0 Å². The number of pyridine rings is 1. The Morgan fingerprint density at radius 2 is 1.78 bits per heavy atom. The van der Waals surface area contributed by atoms with Gasteiger partial charge in [-0.05, 0) is 13.0 Å². The molecular formula is C13H11NO4. The molecule has 1 heterocycles. The van der Waals surface area contributed by atoms with Crippen molar-refractivity contribution in [2.24, 2.45) is 0 Å². The highest BCUT2D eigenvalue weighted by Gasteiger charge is 2.29. The highest BCUT2D eigenvalue weighted by Crippen LogP contribution is 2.25. The van der Waals surface area contributed by atoms with Gasteiger partial charge in [0.1, 0.15) is 0 Å². The van der Waals surface area contributed by atoms with Crippen molar-refractivity contribution in [1.29, 1.82) is 0 Å². The van der Waals surface area contributed by atoms with E-state index >= 15 is 0 Å². The number of hydrogen-bond acceptors (Lipinski definition) is 3. The third-order valence-electron chi connectivity index (χ3n) is 2.70. The fourth-order valence-electron chi connectivity index (χ4n) is 1.87. The molecule has 0 saturated carbocycles. The number of carboxylic acid groups (broad SMARTS) is 2. The molecule has 5 heteroatoms. The molecule has 0 unspecified atom stereocenters. The normalized spacial score (nSPS) is 10.8. The van der Waals surface area contributed by atoms with Crippen LogP contribution in [0.15, 0.2) is 30.3 Å². The van der Waals surface area contributed by atoms with Gasteiger partial charge in [0.15, 0.2) is 5.92 Å². The smallest absolute Gasteiger partial charge is 0.322 e. The van der Waals surface area contributed by atoms with Crippen LogP contribution in [0.25, 0.3) is 10.9 Å². The summed E-state index contributed by atoms with van der Waals surface area (Å²) in [4.78, 5) is 26.4. The van der Waals surface area contributed by atoms with Crippen LogP contribution in [0, 0.1) is 6.92 Å². The van der Waals surface area contributed by atoms with Gasteiger partial charge < -0.3 is 10.2 Å². The maximum absolute atomic E-state index is 11.1. The molecule has 5 nitrogen and oxygen atoms in total. The third-order valence-corrected chi connectivity index (χ3v) is 2.70. The number of carbonyl (C=O) groups is 2. The van der Waals surface area contributed by atoms with E-state index in [1.165, 1.54) is 6.07 Å². The second kappa shape index (κ2) is 4.44. The molecule has 0 bridgehead atoms. The minimum atomic E-state index is -1.59. The van der Waals surface area contributed by atoms with E-state index in [0.717, 1.165) is 5.39 Å². The highest BCUT2D eigenvalue weighted by atomic mass is 16.4. The number of para-hydroxylation sites is 1. The molecule has 92 valence electrons. The van der Waals surface area contributed by atoms with E-state index in [9.17, 15) is 9.59 Å². The Morgan fingerprint density at radius 3 is 2.39 bits per heavy atom. The lowest BCUT2D eigenvalue weighted by atomic mass is 9.96. The Hall–Kier alpha value is -2.43. The molecule has 0 radical (unpaired) electrons. The van der Waals surface area contributed by atoms with Gasteiger partial charge in [-0.15, -0.1) is 0 Å². The number of nitrogens with zero attached hydrogens (tertiary/aromatic N) is 1. The maximum atomic E-state index is 11.1. The van der Waals surface area contributed by atoms with Crippen LogP contribution in [-0.2, 0) is 9.59 Å². The Bertz CT molecular complexity index is 622. The molecule has 0 aliphatic heterocycles. The van der Waals surface area contributed by atoms with Crippen LogP contribution >= 0.6 is 0 Å². The average molecular weight is 245 g/mol. The summed E-state index contributed by atoms with van der Waals surface area (Å²) in [6.45, 7) is 1.77. The number of aliphatic carboxylic acids is 2. The van der Waals surface area contributed by atoms with Crippen molar-refractivity contribution in [1.82, 2.24) is 4.98 Å². The van der Waals surface area contributed by atoms with Gasteiger partial charge in [0.05, 0.1) is 5.52 Å². The topological polar surface area (TPSA) is 87.5 Å². The van der Waals surface area contributed by atoms with Crippen LogP contribution in [0.5, 0.6) is 0 Å². The first-order valence-corrected chi connectivity index (χ1v) is 5.32. The predicted octanol–water partition coefficient (Wildman–Crippen LogP) is 1.80. The Morgan fingerprint density at radius 1 is 1.11 bits per heavy atom. The van der Waals surface area contributed by atoms with E-state index in [2.05, 4.69) is 4.98 Å². The molecular weight excluding hydrogens is 234 g/mol. The summed E-state index contributed by atoms with van der Waals surface area (Å²) in [5.74, 6) is -4.38. The van der Waals surface area contributed by atoms with Crippen LogP contribution in [0.2, 0.25) is 0 Å². The minimum absolute atomic E-state index is 0.205. The van der Waals surface area contributed by atoms with Crippen LogP contribution in [-0.4, -0.2) is 27.1 Å². The molecule has 1 aromatic carbocycles. The second-order valence-electron chi connectivity index (χ2n) is 3.98. The highest BCUT2D eigenvalue weighted by molar-refractivity contribution is 6.02. The standard InChI is InChI=1S/C13H11NO4/c1-7-5-6-8-3-2-4-9(11(8)14-7)10(12(15)16)13(17)18/h2-6,10H,1H3,(H,15,16)(H,17,18). The first-order valence-electron chi connectivity index (χ1n) is 5.32. The monoisotopic (exact) mass is 245 g/mol. The van der Waals surface area contributed by atoms with E-state index in [-0.39, 0.29) is 5.56 Å². The van der Waals surface area contributed by atoms with Gasteiger partial charge in [0.2, 0.25) is 0 Å². The van der Waals surface area contributed by atoms with Crippen molar-refractivity contribution in [2.45, 2.75) is 12.8 Å². The van der Waals surface area contributed by atoms with Gasteiger partial charge in [-0.2, -0.15) is 0 Å². The summed E-state index contributed by atoms with van der Waals surface area (Å²) in [7, 11) is 0. The molecule has 1 aromatic heterocycles. The van der Waals surface area contributed by atoms with E-state index in [0.29, 0.717) is 11.2 Å². The number of rotatable bonds is 3. The van der Waals surface area contributed by atoms with Gasteiger partial charge >= 0.3 is 11.9 Å². The first kappa shape index (κ1) is 12.0. The Labute approximate surface area is 103 Å². The quantitative estimate of drug-likeness (QED) is 0.805. The van der Waals surface area contributed by atoms with Crippen molar-refractivity contribution in [3.05, 3.63) is 41.6 Å². The summed E-state index contributed by atoms with van der Waals surface area (Å²) in [5.41, 5.74) is 1.34. The SMILES string of the molecule is Cc1ccc2cccc(C(C(=O)O)C(=O)O)c2n1. The van der Waals surface area contributed by atoms with Crippen LogP contribution in [0.4, 0.5) is 0 Å². The number of aromatic nitrogens is 1. The second-order valence-corrected chi connectivity index (χ2v) is 3.98. The molecule has 0 atom stereocenters. The van der Waals surface area contributed by atoms with Crippen molar-refractivity contribution in [2.75, 3.05) is 0 Å². The molecule has 2 N–H and O–H groups in total. The van der Waals surface area contributed by atoms with Gasteiger partial charge in [-0.3, -0.25) is 14.6 Å². The molecule has 0 spiro atoms. The lowest BCUT2D eigenvalue weighted by Crippen LogP contribution is -2.21. The predicted molar refractivity (Wildman–Crippen MR) is 64.5 cm³/mol. The third kappa shape index (κ3) is 2.02. The number of fused-ring (bicyclic) bond motifs is 1. The van der Waals surface area contributed by atoms with Gasteiger partial charge in [0.25, 0.3) is 0 Å². The molecule has 18 heavy (non-hydrogen) atoms. The fourth-order valence-corrected chi connectivity index (χ4v) is 1.87. The molecule has 0 saturated heterocycles. The van der Waals surface area contributed by atoms with E-state index in [4.69, 9.17) is 10.2 Å². The molecule has 0 aliphatic carbocycles. The maximum Gasteiger partial charge on any atom is 0.322 e. The minimum Gasteiger partial charge on any atom is -0.480 e. The first-order chi connectivity index (χ1) is 8.50. The molecule has 0 amide bonds. The van der Waals surface area contributed by atoms with Crippen LogP contribution in [0.3, 0.4) is 0 Å². The Kier molecular flexibility index (Phi) is 2.97. The number of benzene rings is 1. The van der Waals surface area contributed by atoms with Crippen molar-refractivity contribution in [3.8, 4) is 0 Å². The number of aryl methyl sites for hydroxylation is 1. The lowest BCUT2D eigenvalue weighted by molar-refractivity contribution is -0.149. The number of hydrogen-bond donors (Lipinski definition) is 2. The van der Waals surface area contributed by atoms with Crippen molar-refractivity contribution >= 4 is 22.8 Å². The van der Waals surface area contributed by atoms with Crippen molar-refractivity contribution < 1.29 is 19.8 Å². The lowest BCUT2D eigenvalue weighted by Gasteiger charge is -2.10. The molecule has 2 aromatic rings. The summed E-state index contributed by atoms with van der Waals surface area (Å²) in [6, 6.07) is 8.48. The average Bonchev–Trinajstić information content (AvgIpc) is 2.29. The number of carboxylic acids is 2. The molecule has 2 rings (SSSR count). The van der Waals surface area contributed by atoms with Crippen LogP contribution < -0.4 is 0 Å². The zero-order valence-electron chi connectivity index (χ0n) is 9.62. The van der Waals surface area contributed by atoms with Crippen molar-refractivity contribution in [3.63, 3.8) is 0 Å². The summed E-state index contributed by atoms with van der Waals surface area (Å²) in [5, 5.41) is 18.8. The van der Waals surface area contributed by atoms with Gasteiger partial charge in [0, 0.05) is 16.6 Å². The van der Waals surface area contributed by atoms with E-state index < -0.39 is 17.9 Å². The van der Waals surface area contributed by atoms with Gasteiger partial charge in [-0.1, -0.05) is 24.3 Å². The zero-order valence-corrected chi connectivity index (χ0v) is 9.62. The zero-order chi connectivity index (χ0) is 13.3. The molecule has 0 fully saturated rings. The Balaban J connectivity index is 2.73. The summed E-state index contributed by atoms with van der Waals surface area (Å²) < 4.78 is 0. The largest absolute Gasteiger partial charge is 0.480 e. The van der Waals surface area contributed by atoms with E-state index in [1.54, 1.807) is 31.2 Å². The fraction of sp³-hybridized carbons (Fsp3) is 0.154. The molecule has 0 aliphatic rings. The summed E-state index contributed by atoms with van der Waals surface area (Å²) >= 11 is 0. The summed E-state index contributed by atoms with van der Waals surface area (Å²) in [6.07, 6.45) is 0. The van der Waals surface area contributed by atoms with E-state index in [1.807, 2.05) is 0 Å².